The second-order valence-corrected chi connectivity index (χ2v) is 8.69. The Hall–Kier alpha value is -1.12. The van der Waals surface area contributed by atoms with Crippen LogP contribution in [-0.4, -0.2) is 41.2 Å². The maximum absolute atomic E-state index is 12.4. The van der Waals surface area contributed by atoms with Gasteiger partial charge in [-0.1, -0.05) is 11.6 Å². The number of carbonyl (C=O) groups is 1. The van der Waals surface area contributed by atoms with Crippen molar-refractivity contribution in [1.82, 2.24) is 15.2 Å². The third-order valence-corrected chi connectivity index (χ3v) is 5.54. The average molecular weight is 474 g/mol. The molecule has 1 aromatic heterocycles. The van der Waals surface area contributed by atoms with Crippen molar-refractivity contribution in [1.29, 1.82) is 0 Å². The van der Waals surface area contributed by atoms with Crippen LogP contribution in [0.2, 0.25) is 5.02 Å². The highest BCUT2D eigenvalue weighted by molar-refractivity contribution is 14.1. The van der Waals surface area contributed by atoms with E-state index < -0.39 is 5.60 Å². The molecule has 1 aliphatic rings. The van der Waals surface area contributed by atoms with E-state index in [2.05, 4.69) is 39.0 Å². The number of benzene rings is 1. The highest BCUT2D eigenvalue weighted by Gasteiger charge is 2.28. The highest BCUT2D eigenvalue weighted by Crippen LogP contribution is 2.30. The van der Waals surface area contributed by atoms with Gasteiger partial charge in [-0.05, 0) is 67.1 Å². The summed E-state index contributed by atoms with van der Waals surface area (Å²) >= 11 is 8.44. The molecule has 0 saturated carbocycles. The standard InChI is InChI=1S/C18H21ClIN3O2/c1-18(2,3)25-17(24)23-7-6-22-16(10-23)11-4-5-21-15-9-13(19)14(20)8-12(11)15/h4-5,8-9,16,22H,6-7,10H2,1-3H3. The molecule has 134 valence electrons. The number of amides is 1. The number of carbonyl (C=O) groups excluding carboxylic acids is 1. The summed E-state index contributed by atoms with van der Waals surface area (Å²) < 4.78 is 6.50. The van der Waals surface area contributed by atoms with Gasteiger partial charge in [0.25, 0.3) is 0 Å². The van der Waals surface area contributed by atoms with Crippen LogP contribution in [0.25, 0.3) is 10.9 Å². The number of hydrogen-bond acceptors (Lipinski definition) is 4. The lowest BCUT2D eigenvalue weighted by Gasteiger charge is -2.35. The number of nitrogens with zero attached hydrogens (tertiary/aromatic N) is 2. The Kier molecular flexibility index (Phi) is 5.41. The van der Waals surface area contributed by atoms with E-state index in [-0.39, 0.29) is 12.1 Å². The van der Waals surface area contributed by atoms with E-state index in [1.807, 2.05) is 32.9 Å². The molecule has 2 heterocycles. The summed E-state index contributed by atoms with van der Waals surface area (Å²) in [6, 6.07) is 5.97. The monoisotopic (exact) mass is 473 g/mol. The van der Waals surface area contributed by atoms with Crippen LogP contribution in [0.5, 0.6) is 0 Å². The summed E-state index contributed by atoms with van der Waals surface area (Å²) in [5.41, 5.74) is 1.49. The summed E-state index contributed by atoms with van der Waals surface area (Å²) in [5.74, 6) is 0. The minimum atomic E-state index is -0.492. The summed E-state index contributed by atoms with van der Waals surface area (Å²) in [6.45, 7) is 7.56. The number of rotatable bonds is 1. The van der Waals surface area contributed by atoms with E-state index >= 15 is 0 Å². The largest absolute Gasteiger partial charge is 0.444 e. The Bertz CT molecular complexity index is 807. The summed E-state index contributed by atoms with van der Waals surface area (Å²) in [7, 11) is 0. The lowest BCUT2D eigenvalue weighted by atomic mass is 10.0. The minimum absolute atomic E-state index is 0.0312. The van der Waals surface area contributed by atoms with Gasteiger partial charge in [0.05, 0.1) is 16.6 Å². The van der Waals surface area contributed by atoms with Crippen molar-refractivity contribution in [2.75, 3.05) is 19.6 Å². The first kappa shape index (κ1) is 18.7. The smallest absolute Gasteiger partial charge is 0.410 e. The van der Waals surface area contributed by atoms with Gasteiger partial charge >= 0.3 is 6.09 Å². The molecular weight excluding hydrogens is 453 g/mol. The fourth-order valence-electron chi connectivity index (χ4n) is 2.92. The molecule has 1 fully saturated rings. The van der Waals surface area contributed by atoms with E-state index in [0.29, 0.717) is 18.1 Å². The highest BCUT2D eigenvalue weighted by atomic mass is 127. The van der Waals surface area contributed by atoms with Crippen molar-refractivity contribution in [3.8, 4) is 0 Å². The quantitative estimate of drug-likeness (QED) is 0.625. The van der Waals surface area contributed by atoms with Crippen LogP contribution in [0.3, 0.4) is 0 Å². The van der Waals surface area contributed by atoms with Gasteiger partial charge in [0.2, 0.25) is 0 Å². The molecule has 1 N–H and O–H groups in total. The number of ether oxygens (including phenoxy) is 1. The van der Waals surface area contributed by atoms with Gasteiger partial charge < -0.3 is 15.0 Å². The van der Waals surface area contributed by atoms with Gasteiger partial charge in [-0.2, -0.15) is 0 Å². The minimum Gasteiger partial charge on any atom is -0.444 e. The Morgan fingerprint density at radius 2 is 2.20 bits per heavy atom. The van der Waals surface area contributed by atoms with Crippen molar-refractivity contribution in [3.05, 3.63) is 38.6 Å². The predicted molar refractivity (Wildman–Crippen MR) is 108 cm³/mol. The molecule has 1 saturated heterocycles. The molecule has 5 nitrogen and oxygen atoms in total. The lowest BCUT2D eigenvalue weighted by molar-refractivity contribution is 0.0195. The molecule has 1 aliphatic heterocycles. The number of nitrogens with one attached hydrogen (secondary N) is 1. The van der Waals surface area contributed by atoms with E-state index in [9.17, 15) is 4.79 Å². The van der Waals surface area contributed by atoms with E-state index in [4.69, 9.17) is 16.3 Å². The summed E-state index contributed by atoms with van der Waals surface area (Å²) in [4.78, 5) is 18.6. The number of fused-ring (bicyclic) bond motifs is 1. The summed E-state index contributed by atoms with van der Waals surface area (Å²) in [5, 5.41) is 5.25. The number of pyridine rings is 1. The number of halogens is 2. The van der Waals surface area contributed by atoms with Crippen molar-refractivity contribution >= 4 is 51.2 Å². The van der Waals surface area contributed by atoms with Gasteiger partial charge in [-0.3, -0.25) is 4.98 Å². The van der Waals surface area contributed by atoms with Gasteiger partial charge in [0, 0.05) is 34.8 Å². The second kappa shape index (κ2) is 7.25. The molecule has 0 spiro atoms. The van der Waals surface area contributed by atoms with Crippen LogP contribution in [0.15, 0.2) is 24.4 Å². The first-order valence-corrected chi connectivity index (χ1v) is 9.65. The molecule has 25 heavy (non-hydrogen) atoms. The molecule has 7 heteroatoms. The SMILES string of the molecule is CC(C)(C)OC(=O)N1CCNC(c2ccnc3cc(Cl)c(I)cc23)C1. The molecule has 1 aromatic carbocycles. The van der Waals surface area contributed by atoms with Gasteiger partial charge in [-0.25, -0.2) is 4.79 Å². The van der Waals surface area contributed by atoms with Crippen LogP contribution < -0.4 is 5.32 Å². The maximum Gasteiger partial charge on any atom is 0.410 e. The zero-order chi connectivity index (χ0) is 18.2. The summed E-state index contributed by atoms with van der Waals surface area (Å²) in [6.07, 6.45) is 1.52. The molecule has 0 radical (unpaired) electrons. The van der Waals surface area contributed by atoms with E-state index in [1.54, 1.807) is 11.1 Å². The van der Waals surface area contributed by atoms with E-state index in [0.717, 1.165) is 26.6 Å². The molecular formula is C18H21ClIN3O2. The van der Waals surface area contributed by atoms with Crippen LogP contribution in [0, 0.1) is 3.57 Å². The number of hydrogen-bond donors (Lipinski definition) is 1. The van der Waals surface area contributed by atoms with Crippen molar-refractivity contribution in [2.24, 2.45) is 0 Å². The fraction of sp³-hybridized carbons (Fsp3) is 0.444. The molecule has 1 unspecified atom stereocenters. The Labute approximate surface area is 166 Å². The second-order valence-electron chi connectivity index (χ2n) is 7.12. The van der Waals surface area contributed by atoms with Gasteiger partial charge in [0.1, 0.15) is 5.60 Å². The Balaban J connectivity index is 1.88. The number of aromatic nitrogens is 1. The number of piperazine rings is 1. The Morgan fingerprint density at radius 3 is 2.92 bits per heavy atom. The third kappa shape index (κ3) is 4.35. The normalized spacial score (nSPS) is 18.4. The first-order valence-electron chi connectivity index (χ1n) is 8.19. The van der Waals surface area contributed by atoms with Crippen molar-refractivity contribution in [3.63, 3.8) is 0 Å². The molecule has 3 rings (SSSR count). The topological polar surface area (TPSA) is 54.5 Å². The van der Waals surface area contributed by atoms with Gasteiger partial charge in [-0.15, -0.1) is 0 Å². The van der Waals surface area contributed by atoms with Crippen LogP contribution in [0.4, 0.5) is 4.79 Å². The van der Waals surface area contributed by atoms with Crippen LogP contribution in [0.1, 0.15) is 32.4 Å². The zero-order valence-corrected chi connectivity index (χ0v) is 17.4. The first-order chi connectivity index (χ1) is 11.7. The molecule has 0 aliphatic carbocycles. The zero-order valence-electron chi connectivity index (χ0n) is 14.5. The van der Waals surface area contributed by atoms with E-state index in [1.165, 1.54) is 0 Å². The van der Waals surface area contributed by atoms with Crippen LogP contribution >= 0.6 is 34.2 Å². The maximum atomic E-state index is 12.4. The average Bonchev–Trinajstić information content (AvgIpc) is 2.54. The van der Waals surface area contributed by atoms with Gasteiger partial charge in [0.15, 0.2) is 0 Å². The lowest BCUT2D eigenvalue weighted by Crippen LogP contribution is -2.49. The predicted octanol–water partition coefficient (Wildman–Crippen LogP) is 4.37. The third-order valence-electron chi connectivity index (χ3n) is 4.02. The fourth-order valence-corrected chi connectivity index (χ4v) is 3.54. The molecule has 1 atom stereocenters. The van der Waals surface area contributed by atoms with Crippen molar-refractivity contribution in [2.45, 2.75) is 32.4 Å². The molecule has 1 amide bonds. The Morgan fingerprint density at radius 1 is 1.44 bits per heavy atom. The molecule has 0 bridgehead atoms. The van der Waals surface area contributed by atoms with Crippen molar-refractivity contribution < 1.29 is 9.53 Å². The van der Waals surface area contributed by atoms with Crippen LogP contribution in [-0.2, 0) is 4.74 Å². The molecule has 2 aromatic rings.